The van der Waals surface area contributed by atoms with Crippen molar-refractivity contribution in [3.05, 3.63) is 0 Å². The lowest BCUT2D eigenvalue weighted by atomic mass is 10.2. The fraction of sp³-hybridized carbons (Fsp3) is 0.923. The Kier molecular flexibility index (Phi) is 3.73. The molecule has 0 aromatic rings. The number of carbonyl (C=O) groups is 1. The number of ether oxygens (including phenoxy) is 1. The SMILES string of the molecule is CC(C)(C)OC(=O)N1CCCC12CC2NCC(F)F. The first-order valence-electron chi connectivity index (χ1n) is 6.77. The van der Waals surface area contributed by atoms with Crippen molar-refractivity contribution in [2.75, 3.05) is 13.1 Å². The van der Waals surface area contributed by atoms with E-state index >= 15 is 0 Å². The third-order valence-electron chi connectivity index (χ3n) is 3.71. The van der Waals surface area contributed by atoms with Crippen molar-refractivity contribution in [3.63, 3.8) is 0 Å². The van der Waals surface area contributed by atoms with Crippen LogP contribution >= 0.6 is 0 Å². The minimum Gasteiger partial charge on any atom is -0.444 e. The summed E-state index contributed by atoms with van der Waals surface area (Å²) in [6.07, 6.45) is -0.154. The molecule has 1 saturated carbocycles. The summed E-state index contributed by atoms with van der Waals surface area (Å²) in [5.74, 6) is 0. The van der Waals surface area contributed by atoms with E-state index in [-0.39, 0.29) is 24.2 Å². The lowest BCUT2D eigenvalue weighted by Crippen LogP contribution is -2.45. The smallest absolute Gasteiger partial charge is 0.410 e. The monoisotopic (exact) mass is 276 g/mol. The summed E-state index contributed by atoms with van der Waals surface area (Å²) >= 11 is 0. The van der Waals surface area contributed by atoms with Crippen LogP contribution in [0.1, 0.15) is 40.0 Å². The van der Waals surface area contributed by atoms with Gasteiger partial charge in [0.1, 0.15) is 5.60 Å². The maximum Gasteiger partial charge on any atom is 0.410 e. The molecule has 1 aliphatic carbocycles. The zero-order valence-corrected chi connectivity index (χ0v) is 11.7. The van der Waals surface area contributed by atoms with Crippen LogP contribution in [0, 0.1) is 0 Å². The fourth-order valence-corrected chi connectivity index (χ4v) is 2.85. The molecule has 0 bridgehead atoms. The van der Waals surface area contributed by atoms with Crippen LogP contribution in [-0.2, 0) is 4.74 Å². The lowest BCUT2D eigenvalue weighted by molar-refractivity contribution is 0.0193. The molecule has 1 heterocycles. The van der Waals surface area contributed by atoms with Crippen molar-refractivity contribution in [3.8, 4) is 0 Å². The van der Waals surface area contributed by atoms with E-state index in [1.807, 2.05) is 20.8 Å². The quantitative estimate of drug-likeness (QED) is 0.860. The molecule has 1 saturated heterocycles. The van der Waals surface area contributed by atoms with Crippen LogP contribution in [-0.4, -0.2) is 47.7 Å². The summed E-state index contributed by atoms with van der Waals surface area (Å²) in [7, 11) is 0. The van der Waals surface area contributed by atoms with Gasteiger partial charge in [-0.15, -0.1) is 0 Å². The zero-order chi connectivity index (χ0) is 14.3. The number of hydrogen-bond acceptors (Lipinski definition) is 3. The molecule has 1 spiro atoms. The largest absolute Gasteiger partial charge is 0.444 e. The maximum absolute atomic E-state index is 12.2. The number of amides is 1. The molecule has 1 amide bonds. The van der Waals surface area contributed by atoms with E-state index in [0.29, 0.717) is 6.54 Å². The maximum atomic E-state index is 12.2. The van der Waals surface area contributed by atoms with E-state index < -0.39 is 12.0 Å². The highest BCUT2D eigenvalue weighted by molar-refractivity contribution is 5.71. The standard InChI is InChI=1S/C13H22F2N2O2/c1-12(2,3)19-11(18)17-6-4-5-13(17)7-9(13)16-8-10(14)15/h9-10,16H,4-8H2,1-3H3. The highest BCUT2D eigenvalue weighted by Gasteiger charge is 2.62. The normalized spacial score (nSPS) is 30.2. The van der Waals surface area contributed by atoms with Crippen LogP contribution in [0.25, 0.3) is 0 Å². The Morgan fingerprint density at radius 1 is 1.53 bits per heavy atom. The molecule has 2 rings (SSSR count). The topological polar surface area (TPSA) is 41.6 Å². The van der Waals surface area contributed by atoms with Crippen LogP contribution in [0.2, 0.25) is 0 Å². The predicted molar refractivity (Wildman–Crippen MR) is 67.3 cm³/mol. The average Bonchev–Trinajstić information content (AvgIpc) is 2.73. The molecular formula is C13H22F2N2O2. The van der Waals surface area contributed by atoms with Gasteiger partial charge in [-0.25, -0.2) is 13.6 Å². The third-order valence-corrected chi connectivity index (χ3v) is 3.71. The highest BCUT2D eigenvalue weighted by atomic mass is 19.3. The molecular weight excluding hydrogens is 254 g/mol. The second-order valence-electron chi connectivity index (χ2n) is 6.40. The Labute approximate surface area is 112 Å². The number of nitrogens with zero attached hydrogens (tertiary/aromatic N) is 1. The van der Waals surface area contributed by atoms with Crippen LogP contribution in [0.3, 0.4) is 0 Å². The van der Waals surface area contributed by atoms with Gasteiger partial charge in [0.05, 0.1) is 12.1 Å². The first kappa shape index (κ1) is 14.5. The van der Waals surface area contributed by atoms with E-state index in [4.69, 9.17) is 4.74 Å². The molecule has 1 N–H and O–H groups in total. The van der Waals surface area contributed by atoms with E-state index in [1.165, 1.54) is 0 Å². The number of likely N-dealkylation sites (tertiary alicyclic amines) is 1. The van der Waals surface area contributed by atoms with Crippen LogP contribution in [0.4, 0.5) is 13.6 Å². The summed E-state index contributed by atoms with van der Waals surface area (Å²) in [4.78, 5) is 13.9. The van der Waals surface area contributed by atoms with Crippen LogP contribution < -0.4 is 5.32 Å². The van der Waals surface area contributed by atoms with Gasteiger partial charge in [0.25, 0.3) is 6.43 Å². The van der Waals surface area contributed by atoms with Crippen molar-refractivity contribution in [2.24, 2.45) is 0 Å². The molecule has 2 aliphatic rings. The van der Waals surface area contributed by atoms with Gasteiger partial charge in [-0.3, -0.25) is 0 Å². The second-order valence-corrected chi connectivity index (χ2v) is 6.40. The second kappa shape index (κ2) is 4.89. The van der Waals surface area contributed by atoms with Crippen molar-refractivity contribution in [2.45, 2.75) is 63.6 Å². The van der Waals surface area contributed by atoms with Crippen LogP contribution in [0.15, 0.2) is 0 Å². The Morgan fingerprint density at radius 3 is 2.79 bits per heavy atom. The van der Waals surface area contributed by atoms with Gasteiger partial charge in [-0.2, -0.15) is 0 Å². The molecule has 2 unspecified atom stereocenters. The van der Waals surface area contributed by atoms with Crippen molar-refractivity contribution >= 4 is 6.09 Å². The highest BCUT2D eigenvalue weighted by Crippen LogP contribution is 2.50. The predicted octanol–water partition coefficient (Wildman–Crippen LogP) is 2.38. The summed E-state index contributed by atoms with van der Waals surface area (Å²) < 4.78 is 29.8. The molecule has 110 valence electrons. The van der Waals surface area contributed by atoms with E-state index in [9.17, 15) is 13.6 Å². The Balaban J connectivity index is 1.93. The molecule has 2 fully saturated rings. The minimum absolute atomic E-state index is 0.0171. The number of hydrogen-bond donors (Lipinski definition) is 1. The summed E-state index contributed by atoms with van der Waals surface area (Å²) in [6.45, 7) is 5.82. The minimum atomic E-state index is -2.35. The number of carbonyl (C=O) groups excluding carboxylic acids is 1. The van der Waals surface area contributed by atoms with Gasteiger partial charge in [0, 0.05) is 12.6 Å². The third kappa shape index (κ3) is 3.16. The Morgan fingerprint density at radius 2 is 2.21 bits per heavy atom. The number of nitrogens with one attached hydrogen (secondary N) is 1. The molecule has 1 aliphatic heterocycles. The van der Waals surface area contributed by atoms with Gasteiger partial charge in [0.2, 0.25) is 0 Å². The molecule has 0 aromatic heterocycles. The van der Waals surface area contributed by atoms with Crippen molar-refractivity contribution in [1.29, 1.82) is 0 Å². The summed E-state index contributed by atoms with van der Waals surface area (Å²) in [5.41, 5.74) is -0.807. The van der Waals surface area contributed by atoms with E-state index in [1.54, 1.807) is 4.90 Å². The van der Waals surface area contributed by atoms with Gasteiger partial charge in [0.15, 0.2) is 0 Å². The average molecular weight is 276 g/mol. The molecule has 0 aromatic carbocycles. The van der Waals surface area contributed by atoms with Gasteiger partial charge >= 0.3 is 6.09 Å². The zero-order valence-electron chi connectivity index (χ0n) is 11.7. The number of halogens is 2. The van der Waals surface area contributed by atoms with Gasteiger partial charge < -0.3 is 15.0 Å². The Hall–Kier alpha value is -0.910. The van der Waals surface area contributed by atoms with Crippen molar-refractivity contribution in [1.82, 2.24) is 10.2 Å². The van der Waals surface area contributed by atoms with Crippen molar-refractivity contribution < 1.29 is 18.3 Å². The fourth-order valence-electron chi connectivity index (χ4n) is 2.85. The number of alkyl halides is 2. The molecule has 4 nitrogen and oxygen atoms in total. The number of rotatable bonds is 3. The lowest BCUT2D eigenvalue weighted by Gasteiger charge is -2.29. The molecule has 6 heteroatoms. The Bertz CT molecular complexity index is 357. The van der Waals surface area contributed by atoms with E-state index in [2.05, 4.69) is 5.32 Å². The summed E-state index contributed by atoms with van der Waals surface area (Å²) in [5, 5.41) is 2.84. The molecule has 19 heavy (non-hydrogen) atoms. The van der Waals surface area contributed by atoms with E-state index in [0.717, 1.165) is 19.3 Å². The molecule has 0 radical (unpaired) electrons. The first-order valence-corrected chi connectivity index (χ1v) is 6.77. The van der Waals surface area contributed by atoms with Crippen LogP contribution in [0.5, 0.6) is 0 Å². The summed E-state index contributed by atoms with van der Waals surface area (Å²) in [6, 6.07) is -0.0171. The first-order chi connectivity index (χ1) is 8.74. The molecule has 2 atom stereocenters. The van der Waals surface area contributed by atoms with Gasteiger partial charge in [-0.05, 0) is 40.0 Å². The van der Waals surface area contributed by atoms with Gasteiger partial charge in [-0.1, -0.05) is 0 Å².